The summed E-state index contributed by atoms with van der Waals surface area (Å²) in [5, 5.41) is 7.11. The molecule has 4 heterocycles. The standard InChI is InChI=1S/C20H18N4OS2/c25-18(10-14-12-27-20(21-14)13-7-9-26-11-13)24-8-3-6-17(24)19-22-15-4-1-2-5-16(15)23-19/h1-2,4-5,7,9,11-12,17H,3,6,8,10H2,(H,22,23). The van der Waals surface area contributed by atoms with Gasteiger partial charge in [-0.2, -0.15) is 11.3 Å². The molecule has 1 unspecified atom stereocenters. The summed E-state index contributed by atoms with van der Waals surface area (Å²) >= 11 is 3.26. The van der Waals surface area contributed by atoms with Gasteiger partial charge in [0.2, 0.25) is 5.91 Å². The molecule has 1 atom stereocenters. The number of nitrogens with one attached hydrogen (secondary N) is 1. The molecule has 5 nitrogen and oxygen atoms in total. The number of para-hydroxylation sites is 2. The summed E-state index contributed by atoms with van der Waals surface area (Å²) in [6.07, 6.45) is 2.30. The summed E-state index contributed by atoms with van der Waals surface area (Å²) in [7, 11) is 0. The SMILES string of the molecule is O=C(Cc1csc(-c2ccsc2)n1)N1CCCC1c1nc2ccccc2[nH]1. The van der Waals surface area contributed by atoms with Crippen molar-refractivity contribution in [3.05, 3.63) is 58.0 Å². The molecule has 7 heteroatoms. The van der Waals surface area contributed by atoms with Crippen LogP contribution >= 0.6 is 22.7 Å². The maximum Gasteiger partial charge on any atom is 0.229 e. The first-order valence-electron chi connectivity index (χ1n) is 8.99. The van der Waals surface area contributed by atoms with Gasteiger partial charge in [-0.1, -0.05) is 12.1 Å². The van der Waals surface area contributed by atoms with Gasteiger partial charge in [-0.25, -0.2) is 9.97 Å². The van der Waals surface area contributed by atoms with E-state index in [2.05, 4.69) is 21.4 Å². The number of imidazole rings is 1. The van der Waals surface area contributed by atoms with Crippen molar-refractivity contribution in [3.8, 4) is 10.6 Å². The zero-order valence-electron chi connectivity index (χ0n) is 14.6. The van der Waals surface area contributed by atoms with Crippen LogP contribution in [0.2, 0.25) is 0 Å². The lowest BCUT2D eigenvalue weighted by Crippen LogP contribution is -2.32. The lowest BCUT2D eigenvalue weighted by molar-refractivity contribution is -0.131. The molecule has 1 fully saturated rings. The molecule has 1 saturated heterocycles. The predicted molar refractivity (Wildman–Crippen MR) is 109 cm³/mol. The minimum Gasteiger partial charge on any atom is -0.340 e. The number of fused-ring (bicyclic) bond motifs is 1. The highest BCUT2D eigenvalue weighted by atomic mass is 32.1. The van der Waals surface area contributed by atoms with Crippen LogP contribution in [0.15, 0.2) is 46.5 Å². The number of amides is 1. The molecule has 3 aromatic heterocycles. The number of aromatic nitrogens is 3. The van der Waals surface area contributed by atoms with Gasteiger partial charge in [0.25, 0.3) is 0 Å². The molecule has 0 aliphatic carbocycles. The number of carbonyl (C=O) groups excluding carboxylic acids is 1. The Morgan fingerprint density at radius 3 is 3.00 bits per heavy atom. The topological polar surface area (TPSA) is 61.9 Å². The van der Waals surface area contributed by atoms with Gasteiger partial charge in [0.1, 0.15) is 10.8 Å². The maximum atomic E-state index is 13.0. The van der Waals surface area contributed by atoms with Gasteiger partial charge in [-0.05, 0) is 36.4 Å². The summed E-state index contributed by atoms with van der Waals surface area (Å²) in [5.41, 5.74) is 3.95. The second-order valence-corrected chi connectivity index (χ2v) is 8.36. The third-order valence-electron chi connectivity index (χ3n) is 4.95. The monoisotopic (exact) mass is 394 g/mol. The first-order chi connectivity index (χ1) is 13.3. The molecular weight excluding hydrogens is 376 g/mol. The highest BCUT2D eigenvalue weighted by Gasteiger charge is 2.32. The van der Waals surface area contributed by atoms with Gasteiger partial charge in [0, 0.05) is 22.9 Å². The van der Waals surface area contributed by atoms with Crippen LogP contribution in [-0.4, -0.2) is 32.3 Å². The number of nitrogens with zero attached hydrogens (tertiary/aromatic N) is 3. The van der Waals surface area contributed by atoms with Crippen molar-refractivity contribution < 1.29 is 4.79 Å². The molecule has 27 heavy (non-hydrogen) atoms. The predicted octanol–water partition coefficient (Wildman–Crippen LogP) is 4.65. The summed E-state index contributed by atoms with van der Waals surface area (Å²) in [5.74, 6) is 1.01. The molecule has 1 aromatic carbocycles. The second kappa shape index (κ2) is 6.90. The number of rotatable bonds is 4. The fraction of sp³-hybridized carbons (Fsp3) is 0.250. The molecule has 0 saturated carbocycles. The van der Waals surface area contributed by atoms with Gasteiger partial charge in [0.05, 0.1) is 29.2 Å². The smallest absolute Gasteiger partial charge is 0.229 e. The van der Waals surface area contributed by atoms with Crippen molar-refractivity contribution >= 4 is 39.6 Å². The Morgan fingerprint density at radius 1 is 1.22 bits per heavy atom. The molecule has 0 radical (unpaired) electrons. The molecule has 1 N–H and O–H groups in total. The zero-order chi connectivity index (χ0) is 18.2. The van der Waals surface area contributed by atoms with Crippen LogP contribution in [0.5, 0.6) is 0 Å². The van der Waals surface area contributed by atoms with E-state index < -0.39 is 0 Å². The number of thiophene rings is 1. The van der Waals surface area contributed by atoms with Crippen LogP contribution in [-0.2, 0) is 11.2 Å². The minimum absolute atomic E-state index is 0.0277. The number of likely N-dealkylation sites (tertiary alicyclic amines) is 1. The zero-order valence-corrected chi connectivity index (χ0v) is 16.2. The third kappa shape index (κ3) is 3.17. The van der Waals surface area contributed by atoms with E-state index in [-0.39, 0.29) is 11.9 Å². The average Bonchev–Trinajstić information content (AvgIpc) is 3.47. The quantitative estimate of drug-likeness (QED) is 0.548. The van der Waals surface area contributed by atoms with Gasteiger partial charge >= 0.3 is 0 Å². The summed E-state index contributed by atoms with van der Waals surface area (Å²) in [4.78, 5) is 27.7. The Hall–Kier alpha value is -2.51. The van der Waals surface area contributed by atoms with Gasteiger partial charge in [-0.15, -0.1) is 11.3 Å². The van der Waals surface area contributed by atoms with Crippen LogP contribution in [0, 0.1) is 0 Å². The fourth-order valence-corrected chi connectivity index (χ4v) is 5.18. The first kappa shape index (κ1) is 16.6. The van der Waals surface area contributed by atoms with E-state index >= 15 is 0 Å². The number of benzene rings is 1. The fourth-order valence-electron chi connectivity index (χ4n) is 3.64. The highest BCUT2D eigenvalue weighted by Crippen LogP contribution is 2.32. The van der Waals surface area contributed by atoms with E-state index in [1.807, 2.05) is 39.9 Å². The van der Waals surface area contributed by atoms with E-state index in [1.54, 1.807) is 22.7 Å². The highest BCUT2D eigenvalue weighted by molar-refractivity contribution is 7.14. The normalized spacial score (nSPS) is 17.0. The molecule has 0 bridgehead atoms. The van der Waals surface area contributed by atoms with Crippen molar-refractivity contribution in [2.45, 2.75) is 25.3 Å². The van der Waals surface area contributed by atoms with Crippen molar-refractivity contribution in [1.82, 2.24) is 19.9 Å². The largest absolute Gasteiger partial charge is 0.340 e. The first-order valence-corrected chi connectivity index (χ1v) is 10.8. The molecule has 1 aliphatic heterocycles. The Bertz CT molecular complexity index is 1050. The van der Waals surface area contributed by atoms with E-state index in [0.29, 0.717) is 6.42 Å². The Labute approximate surface area is 164 Å². The van der Waals surface area contributed by atoms with Crippen LogP contribution in [0.4, 0.5) is 0 Å². The minimum atomic E-state index is 0.0277. The number of hydrogen-bond donors (Lipinski definition) is 1. The third-order valence-corrected chi connectivity index (χ3v) is 6.57. The molecule has 1 aliphatic rings. The molecule has 5 rings (SSSR count). The van der Waals surface area contributed by atoms with Crippen molar-refractivity contribution in [3.63, 3.8) is 0 Å². The van der Waals surface area contributed by atoms with Crippen LogP contribution in [0.25, 0.3) is 21.6 Å². The Morgan fingerprint density at radius 2 is 2.15 bits per heavy atom. The van der Waals surface area contributed by atoms with E-state index in [9.17, 15) is 4.79 Å². The van der Waals surface area contributed by atoms with Crippen LogP contribution < -0.4 is 0 Å². The summed E-state index contributed by atoms with van der Waals surface area (Å²) in [6, 6.07) is 10.1. The summed E-state index contributed by atoms with van der Waals surface area (Å²) < 4.78 is 0. The maximum absolute atomic E-state index is 13.0. The molecule has 0 spiro atoms. The van der Waals surface area contributed by atoms with E-state index in [0.717, 1.165) is 52.5 Å². The molecule has 4 aromatic rings. The Balaban J connectivity index is 1.34. The number of hydrogen-bond acceptors (Lipinski definition) is 5. The van der Waals surface area contributed by atoms with Crippen molar-refractivity contribution in [1.29, 1.82) is 0 Å². The molecular formula is C20H18N4OS2. The van der Waals surface area contributed by atoms with Crippen LogP contribution in [0.1, 0.15) is 30.4 Å². The number of thiazole rings is 1. The lowest BCUT2D eigenvalue weighted by atomic mass is 10.2. The molecule has 1 amide bonds. The van der Waals surface area contributed by atoms with Crippen LogP contribution in [0.3, 0.4) is 0 Å². The number of aromatic amines is 1. The van der Waals surface area contributed by atoms with E-state index in [4.69, 9.17) is 4.98 Å². The van der Waals surface area contributed by atoms with Gasteiger partial charge in [0.15, 0.2) is 0 Å². The lowest BCUT2D eigenvalue weighted by Gasteiger charge is -2.22. The average molecular weight is 395 g/mol. The summed E-state index contributed by atoms with van der Waals surface area (Å²) in [6.45, 7) is 0.780. The number of carbonyl (C=O) groups is 1. The number of H-pyrrole nitrogens is 1. The molecule has 136 valence electrons. The van der Waals surface area contributed by atoms with Gasteiger partial charge < -0.3 is 9.88 Å². The second-order valence-electron chi connectivity index (χ2n) is 6.72. The van der Waals surface area contributed by atoms with Crippen molar-refractivity contribution in [2.75, 3.05) is 6.54 Å². The van der Waals surface area contributed by atoms with Crippen molar-refractivity contribution in [2.24, 2.45) is 0 Å². The van der Waals surface area contributed by atoms with Gasteiger partial charge in [-0.3, -0.25) is 4.79 Å². The van der Waals surface area contributed by atoms with E-state index in [1.165, 1.54) is 0 Å². The Kier molecular flexibility index (Phi) is 4.26.